The monoisotopic (exact) mass is 373 g/mol. The van der Waals surface area contributed by atoms with Crippen molar-refractivity contribution < 1.29 is 13.6 Å². The predicted octanol–water partition coefficient (Wildman–Crippen LogP) is 1.92. The molecule has 9 heteroatoms. The zero-order valence-corrected chi connectivity index (χ0v) is 14.5. The minimum atomic E-state index is -0.984. The first-order valence-corrected chi connectivity index (χ1v) is 8.63. The second kappa shape index (κ2) is 6.57. The number of carbonyl (C=O) groups excluding carboxylic acids is 1. The number of benzene rings is 1. The lowest BCUT2D eigenvalue weighted by Gasteiger charge is -2.14. The highest BCUT2D eigenvalue weighted by Crippen LogP contribution is 2.38. The Kier molecular flexibility index (Phi) is 4.21. The normalized spacial score (nSPS) is 15.1. The molecule has 0 bridgehead atoms. The van der Waals surface area contributed by atoms with E-state index in [4.69, 9.17) is 0 Å². The third-order valence-electron chi connectivity index (χ3n) is 4.57. The molecule has 7 nitrogen and oxygen atoms in total. The van der Waals surface area contributed by atoms with Gasteiger partial charge in [0.05, 0.1) is 11.7 Å². The molecule has 0 aliphatic heterocycles. The van der Waals surface area contributed by atoms with Crippen LogP contribution in [0.3, 0.4) is 0 Å². The third kappa shape index (κ3) is 3.44. The summed E-state index contributed by atoms with van der Waals surface area (Å²) in [7, 11) is 0. The summed E-state index contributed by atoms with van der Waals surface area (Å²) in [4.78, 5) is 24.7. The largest absolute Gasteiger partial charge is 0.367 e. The maximum absolute atomic E-state index is 13.3. The van der Waals surface area contributed by atoms with Gasteiger partial charge in [-0.1, -0.05) is 6.07 Å². The van der Waals surface area contributed by atoms with Crippen LogP contribution < -0.4 is 11.0 Å². The van der Waals surface area contributed by atoms with Crippen molar-refractivity contribution in [1.82, 2.24) is 24.7 Å². The first kappa shape index (κ1) is 17.3. The van der Waals surface area contributed by atoms with Crippen molar-refractivity contribution in [3.05, 3.63) is 63.7 Å². The molecule has 1 aliphatic carbocycles. The van der Waals surface area contributed by atoms with E-state index in [9.17, 15) is 18.4 Å². The molecular formula is C18H17F2N5O2. The Bertz CT molecular complexity index is 1090. The summed E-state index contributed by atoms with van der Waals surface area (Å²) >= 11 is 0. The molecule has 27 heavy (non-hydrogen) atoms. The highest BCUT2D eigenvalue weighted by Gasteiger charge is 2.26. The first-order chi connectivity index (χ1) is 12.9. The van der Waals surface area contributed by atoms with Gasteiger partial charge in [0.1, 0.15) is 6.54 Å². The predicted molar refractivity (Wildman–Crippen MR) is 92.1 cm³/mol. The summed E-state index contributed by atoms with van der Waals surface area (Å²) in [5.41, 5.74) is 1.13. The lowest BCUT2D eigenvalue weighted by atomic mass is 10.1. The Morgan fingerprint density at radius 1 is 1.22 bits per heavy atom. The second-order valence-corrected chi connectivity index (χ2v) is 6.71. The van der Waals surface area contributed by atoms with Crippen LogP contribution in [0.1, 0.15) is 43.0 Å². The van der Waals surface area contributed by atoms with E-state index in [0.29, 0.717) is 17.1 Å². The smallest absolute Gasteiger partial charge is 0.348 e. The molecule has 1 N–H and O–H groups in total. The number of halogens is 2. The number of fused-ring (bicyclic) bond motifs is 1. The van der Waals surface area contributed by atoms with Gasteiger partial charge in [-0.05, 0) is 49.6 Å². The molecule has 1 amide bonds. The van der Waals surface area contributed by atoms with Gasteiger partial charge in [0, 0.05) is 5.92 Å². The zero-order valence-electron chi connectivity index (χ0n) is 14.5. The molecule has 140 valence electrons. The molecule has 1 aliphatic rings. The van der Waals surface area contributed by atoms with Gasteiger partial charge >= 0.3 is 5.69 Å². The van der Waals surface area contributed by atoms with Gasteiger partial charge in [-0.25, -0.2) is 18.3 Å². The van der Waals surface area contributed by atoms with Gasteiger partial charge in [-0.3, -0.25) is 4.79 Å². The Morgan fingerprint density at radius 3 is 2.70 bits per heavy atom. The van der Waals surface area contributed by atoms with E-state index in [1.165, 1.54) is 10.6 Å². The SMILES string of the molecule is C[C@H](NC(=O)Cn1nc2ccc(C3CC3)nn2c1=O)c1ccc(F)c(F)c1. The molecule has 2 heterocycles. The number of amides is 1. The summed E-state index contributed by atoms with van der Waals surface area (Å²) in [5, 5.41) is 11.1. The van der Waals surface area contributed by atoms with Crippen molar-refractivity contribution in [3.63, 3.8) is 0 Å². The van der Waals surface area contributed by atoms with E-state index in [0.717, 1.165) is 35.4 Å². The van der Waals surface area contributed by atoms with Gasteiger partial charge < -0.3 is 5.32 Å². The molecule has 1 aromatic carbocycles. The quantitative estimate of drug-likeness (QED) is 0.741. The van der Waals surface area contributed by atoms with Crippen molar-refractivity contribution >= 4 is 11.6 Å². The Balaban J connectivity index is 1.49. The maximum Gasteiger partial charge on any atom is 0.367 e. The van der Waals surface area contributed by atoms with Gasteiger partial charge in [0.2, 0.25) is 5.91 Å². The molecule has 4 rings (SSSR count). The zero-order chi connectivity index (χ0) is 19.1. The number of aromatic nitrogens is 4. The van der Waals surface area contributed by atoms with Gasteiger partial charge in [0.15, 0.2) is 17.3 Å². The maximum atomic E-state index is 13.3. The second-order valence-electron chi connectivity index (χ2n) is 6.71. The molecule has 1 saturated carbocycles. The minimum absolute atomic E-state index is 0.297. The van der Waals surface area contributed by atoms with E-state index < -0.39 is 29.3 Å². The number of hydrogen-bond acceptors (Lipinski definition) is 4. The highest BCUT2D eigenvalue weighted by atomic mass is 19.2. The summed E-state index contributed by atoms with van der Waals surface area (Å²) in [5.74, 6) is -2.01. The number of nitrogens with zero attached hydrogens (tertiary/aromatic N) is 4. The molecule has 3 aromatic rings. The number of hydrogen-bond donors (Lipinski definition) is 1. The summed E-state index contributed by atoms with van der Waals surface area (Å²) in [6.45, 7) is 1.34. The average Bonchev–Trinajstić information content (AvgIpc) is 3.44. The fraction of sp³-hybridized carbons (Fsp3) is 0.333. The van der Waals surface area contributed by atoms with Crippen LogP contribution >= 0.6 is 0 Å². The topological polar surface area (TPSA) is 81.3 Å². The summed E-state index contributed by atoms with van der Waals surface area (Å²) < 4.78 is 28.6. The Morgan fingerprint density at radius 2 is 2.00 bits per heavy atom. The van der Waals surface area contributed by atoms with Crippen LogP contribution in [-0.4, -0.2) is 25.3 Å². The molecular weight excluding hydrogens is 356 g/mol. The van der Waals surface area contributed by atoms with Crippen LogP contribution in [0.25, 0.3) is 5.65 Å². The molecule has 0 unspecified atom stereocenters. The Labute approximate surface area is 152 Å². The lowest BCUT2D eigenvalue weighted by molar-refractivity contribution is -0.122. The first-order valence-electron chi connectivity index (χ1n) is 8.63. The van der Waals surface area contributed by atoms with E-state index in [1.807, 2.05) is 6.07 Å². The van der Waals surface area contributed by atoms with Crippen LogP contribution in [0.15, 0.2) is 35.1 Å². The molecule has 0 saturated heterocycles. The molecule has 0 spiro atoms. The molecule has 1 atom stereocenters. The fourth-order valence-electron chi connectivity index (χ4n) is 2.91. The standard InChI is InChI=1S/C18H17F2N5O2/c1-10(12-4-5-13(19)14(20)8-12)21-17(26)9-24-18(27)25-16(23-24)7-6-15(22-25)11-2-3-11/h4-8,10-11H,2-3,9H2,1H3,(H,21,26)/t10-/m0/s1. The molecule has 0 radical (unpaired) electrons. The lowest BCUT2D eigenvalue weighted by Crippen LogP contribution is -2.34. The van der Waals surface area contributed by atoms with Crippen LogP contribution in [0, 0.1) is 11.6 Å². The van der Waals surface area contributed by atoms with Crippen LogP contribution in [0.2, 0.25) is 0 Å². The van der Waals surface area contributed by atoms with Crippen molar-refractivity contribution in [2.75, 3.05) is 0 Å². The molecule has 1 fully saturated rings. The van der Waals surface area contributed by atoms with E-state index in [2.05, 4.69) is 15.5 Å². The fourth-order valence-corrected chi connectivity index (χ4v) is 2.91. The van der Waals surface area contributed by atoms with Crippen molar-refractivity contribution in [2.45, 2.75) is 38.3 Å². The van der Waals surface area contributed by atoms with Crippen LogP contribution in [-0.2, 0) is 11.3 Å². The van der Waals surface area contributed by atoms with Crippen LogP contribution in [0.5, 0.6) is 0 Å². The van der Waals surface area contributed by atoms with Crippen LogP contribution in [0.4, 0.5) is 8.78 Å². The van der Waals surface area contributed by atoms with Gasteiger partial charge in [0.25, 0.3) is 0 Å². The molecule has 2 aromatic heterocycles. The number of rotatable bonds is 5. The van der Waals surface area contributed by atoms with Gasteiger partial charge in [-0.2, -0.15) is 9.61 Å². The third-order valence-corrected chi connectivity index (χ3v) is 4.57. The van der Waals surface area contributed by atoms with Crippen molar-refractivity contribution in [3.8, 4) is 0 Å². The summed E-state index contributed by atoms with van der Waals surface area (Å²) in [6, 6.07) is 6.42. The Hall–Kier alpha value is -3.10. The highest BCUT2D eigenvalue weighted by molar-refractivity contribution is 5.76. The average molecular weight is 373 g/mol. The van der Waals surface area contributed by atoms with Crippen molar-refractivity contribution in [1.29, 1.82) is 0 Å². The van der Waals surface area contributed by atoms with Gasteiger partial charge in [-0.15, -0.1) is 5.10 Å². The van der Waals surface area contributed by atoms with E-state index in [-0.39, 0.29) is 6.54 Å². The summed E-state index contributed by atoms with van der Waals surface area (Å²) in [6.07, 6.45) is 2.12. The van der Waals surface area contributed by atoms with E-state index >= 15 is 0 Å². The van der Waals surface area contributed by atoms with E-state index in [1.54, 1.807) is 13.0 Å². The number of nitrogens with one attached hydrogen (secondary N) is 1. The minimum Gasteiger partial charge on any atom is -0.348 e. The van der Waals surface area contributed by atoms with Crippen molar-refractivity contribution in [2.24, 2.45) is 0 Å². The number of carbonyl (C=O) groups is 1.